The molecule has 0 aromatic carbocycles. The minimum Gasteiger partial charge on any atom is -0.381 e. The smallest absolute Gasteiger partial charge is 0.239 e. The lowest BCUT2D eigenvalue weighted by molar-refractivity contribution is -0.135. The lowest BCUT2D eigenvalue weighted by atomic mass is 9.93. The van der Waals surface area contributed by atoms with E-state index >= 15 is 0 Å². The third-order valence-corrected chi connectivity index (χ3v) is 3.27. The maximum Gasteiger partial charge on any atom is 0.239 e. The Balaban J connectivity index is 2.53. The van der Waals surface area contributed by atoms with E-state index in [9.17, 15) is 4.79 Å². The second-order valence-corrected chi connectivity index (χ2v) is 5.27. The van der Waals surface area contributed by atoms with Gasteiger partial charge >= 0.3 is 0 Å². The Hall–Kier alpha value is -0.610. The quantitative estimate of drug-likeness (QED) is 0.789. The molecule has 0 aromatic rings. The van der Waals surface area contributed by atoms with E-state index in [0.717, 1.165) is 32.5 Å². The monoisotopic (exact) mass is 242 g/mol. The molecule has 1 aliphatic rings. The van der Waals surface area contributed by atoms with Crippen LogP contribution in [0.15, 0.2) is 0 Å². The predicted octanol–water partition coefficient (Wildman–Crippen LogP) is 1.24. The van der Waals surface area contributed by atoms with E-state index in [4.69, 9.17) is 10.5 Å². The molecule has 2 unspecified atom stereocenters. The zero-order valence-electron chi connectivity index (χ0n) is 11.3. The molecule has 0 aliphatic carbocycles. The van der Waals surface area contributed by atoms with E-state index in [-0.39, 0.29) is 11.8 Å². The van der Waals surface area contributed by atoms with Crippen LogP contribution in [0.25, 0.3) is 0 Å². The molecule has 2 N–H and O–H groups in total. The Morgan fingerprint density at radius 3 is 2.71 bits per heavy atom. The number of rotatable bonds is 5. The number of carbonyl (C=O) groups excluding carboxylic acids is 1. The fourth-order valence-corrected chi connectivity index (χ4v) is 2.28. The summed E-state index contributed by atoms with van der Waals surface area (Å²) >= 11 is 0. The van der Waals surface area contributed by atoms with Crippen LogP contribution in [-0.2, 0) is 9.53 Å². The lowest BCUT2D eigenvalue weighted by Gasteiger charge is -2.31. The largest absolute Gasteiger partial charge is 0.381 e. The van der Waals surface area contributed by atoms with Crippen LogP contribution in [0.5, 0.6) is 0 Å². The van der Waals surface area contributed by atoms with Crippen LogP contribution >= 0.6 is 0 Å². The number of carbonyl (C=O) groups is 1. The second-order valence-electron chi connectivity index (χ2n) is 5.27. The van der Waals surface area contributed by atoms with Crippen LogP contribution in [0.2, 0.25) is 0 Å². The molecule has 1 fully saturated rings. The first-order valence-corrected chi connectivity index (χ1v) is 6.68. The van der Waals surface area contributed by atoms with Gasteiger partial charge in [-0.25, -0.2) is 0 Å². The SMILES string of the molecule is CCN(CC(C)C)C(=O)C(N)C1CCCOC1. The molecule has 0 bridgehead atoms. The average Bonchev–Trinajstić information content (AvgIpc) is 2.35. The minimum absolute atomic E-state index is 0.0803. The van der Waals surface area contributed by atoms with E-state index < -0.39 is 6.04 Å². The van der Waals surface area contributed by atoms with Crippen LogP contribution < -0.4 is 5.73 Å². The third kappa shape index (κ3) is 4.28. The van der Waals surface area contributed by atoms with Crippen LogP contribution in [0.3, 0.4) is 0 Å². The highest BCUT2D eigenvalue weighted by molar-refractivity contribution is 5.82. The third-order valence-electron chi connectivity index (χ3n) is 3.27. The molecular weight excluding hydrogens is 216 g/mol. The number of hydrogen-bond acceptors (Lipinski definition) is 3. The van der Waals surface area contributed by atoms with Crippen LogP contribution in [0.1, 0.15) is 33.6 Å². The molecule has 1 heterocycles. The summed E-state index contributed by atoms with van der Waals surface area (Å²) in [5.41, 5.74) is 6.07. The van der Waals surface area contributed by atoms with Crippen molar-refractivity contribution in [3.05, 3.63) is 0 Å². The molecule has 4 nitrogen and oxygen atoms in total. The summed E-state index contributed by atoms with van der Waals surface area (Å²) in [6.45, 7) is 9.20. The highest BCUT2D eigenvalue weighted by atomic mass is 16.5. The van der Waals surface area contributed by atoms with Gasteiger partial charge in [0.2, 0.25) is 5.91 Å². The first-order chi connectivity index (χ1) is 8.06. The van der Waals surface area contributed by atoms with Gasteiger partial charge in [-0.3, -0.25) is 4.79 Å². The molecule has 17 heavy (non-hydrogen) atoms. The number of ether oxygens (including phenoxy) is 1. The summed E-state index contributed by atoms with van der Waals surface area (Å²) in [5, 5.41) is 0. The van der Waals surface area contributed by atoms with Crippen molar-refractivity contribution in [2.24, 2.45) is 17.6 Å². The van der Waals surface area contributed by atoms with Gasteiger partial charge in [-0.15, -0.1) is 0 Å². The van der Waals surface area contributed by atoms with Crippen molar-refractivity contribution in [2.75, 3.05) is 26.3 Å². The molecule has 0 spiro atoms. The Kier molecular flexibility index (Phi) is 5.92. The summed E-state index contributed by atoms with van der Waals surface area (Å²) in [6, 6.07) is -0.394. The van der Waals surface area contributed by atoms with Crippen molar-refractivity contribution in [2.45, 2.75) is 39.7 Å². The Morgan fingerprint density at radius 2 is 2.24 bits per heavy atom. The van der Waals surface area contributed by atoms with Gasteiger partial charge in [-0.05, 0) is 25.7 Å². The standard InChI is InChI=1S/C13H26N2O2/c1-4-15(8-10(2)3)13(16)12(14)11-6-5-7-17-9-11/h10-12H,4-9,14H2,1-3H3. The molecule has 2 atom stereocenters. The normalized spacial score (nSPS) is 22.5. The number of nitrogens with zero attached hydrogens (tertiary/aromatic N) is 1. The van der Waals surface area contributed by atoms with Gasteiger partial charge in [0.1, 0.15) is 0 Å². The van der Waals surface area contributed by atoms with Gasteiger partial charge in [0.05, 0.1) is 12.6 Å². The van der Waals surface area contributed by atoms with Crippen molar-refractivity contribution in [1.29, 1.82) is 0 Å². The van der Waals surface area contributed by atoms with E-state index in [1.165, 1.54) is 0 Å². The van der Waals surface area contributed by atoms with Crippen molar-refractivity contribution < 1.29 is 9.53 Å². The maximum absolute atomic E-state index is 12.3. The molecule has 1 saturated heterocycles. The van der Waals surface area contributed by atoms with Gasteiger partial charge in [-0.1, -0.05) is 13.8 Å². The summed E-state index contributed by atoms with van der Waals surface area (Å²) in [5.74, 6) is 0.753. The highest BCUT2D eigenvalue weighted by Gasteiger charge is 2.29. The summed E-state index contributed by atoms with van der Waals surface area (Å²) in [4.78, 5) is 14.1. The van der Waals surface area contributed by atoms with Crippen molar-refractivity contribution in [3.8, 4) is 0 Å². The molecule has 4 heteroatoms. The minimum atomic E-state index is -0.394. The van der Waals surface area contributed by atoms with Crippen molar-refractivity contribution in [3.63, 3.8) is 0 Å². The van der Waals surface area contributed by atoms with E-state index in [0.29, 0.717) is 12.5 Å². The predicted molar refractivity (Wildman–Crippen MR) is 68.6 cm³/mol. The molecule has 0 radical (unpaired) electrons. The first kappa shape index (κ1) is 14.5. The average molecular weight is 242 g/mol. The van der Waals surface area contributed by atoms with Gasteiger partial charge in [-0.2, -0.15) is 0 Å². The van der Waals surface area contributed by atoms with Crippen LogP contribution in [-0.4, -0.2) is 43.2 Å². The summed E-state index contributed by atoms with van der Waals surface area (Å²) in [7, 11) is 0. The second kappa shape index (κ2) is 6.97. The topological polar surface area (TPSA) is 55.6 Å². The molecule has 100 valence electrons. The molecule has 1 amide bonds. The zero-order valence-corrected chi connectivity index (χ0v) is 11.3. The van der Waals surface area contributed by atoms with E-state index in [2.05, 4.69) is 13.8 Å². The number of hydrogen-bond donors (Lipinski definition) is 1. The fourth-order valence-electron chi connectivity index (χ4n) is 2.28. The molecule has 1 rings (SSSR count). The molecule has 0 aromatic heterocycles. The number of likely N-dealkylation sites (N-methyl/N-ethyl adjacent to an activating group) is 1. The Morgan fingerprint density at radius 1 is 1.53 bits per heavy atom. The maximum atomic E-state index is 12.3. The van der Waals surface area contributed by atoms with Crippen molar-refractivity contribution in [1.82, 2.24) is 4.90 Å². The van der Waals surface area contributed by atoms with Crippen LogP contribution in [0, 0.1) is 11.8 Å². The van der Waals surface area contributed by atoms with Gasteiger partial charge in [0, 0.05) is 25.6 Å². The molecule has 1 aliphatic heterocycles. The van der Waals surface area contributed by atoms with E-state index in [1.807, 2.05) is 11.8 Å². The van der Waals surface area contributed by atoms with Gasteiger partial charge in [0.25, 0.3) is 0 Å². The Labute approximate surface area is 104 Å². The fraction of sp³-hybridized carbons (Fsp3) is 0.923. The van der Waals surface area contributed by atoms with Gasteiger partial charge in [0.15, 0.2) is 0 Å². The van der Waals surface area contributed by atoms with E-state index in [1.54, 1.807) is 0 Å². The van der Waals surface area contributed by atoms with Crippen LogP contribution in [0.4, 0.5) is 0 Å². The summed E-state index contributed by atoms with van der Waals surface area (Å²) in [6.07, 6.45) is 2.02. The van der Waals surface area contributed by atoms with Gasteiger partial charge < -0.3 is 15.4 Å². The number of nitrogens with two attached hydrogens (primary N) is 1. The molecular formula is C13H26N2O2. The Bertz CT molecular complexity index is 238. The summed E-state index contributed by atoms with van der Waals surface area (Å²) < 4.78 is 5.40. The zero-order chi connectivity index (χ0) is 12.8. The number of amides is 1. The first-order valence-electron chi connectivity index (χ1n) is 6.68. The van der Waals surface area contributed by atoms with Crippen molar-refractivity contribution >= 4 is 5.91 Å². The molecule has 0 saturated carbocycles. The lowest BCUT2D eigenvalue weighted by Crippen LogP contribution is -2.50. The highest BCUT2D eigenvalue weighted by Crippen LogP contribution is 2.18.